The Morgan fingerprint density at radius 1 is 1.12 bits per heavy atom. The monoisotopic (exact) mass is 595 g/mol. The van der Waals surface area contributed by atoms with Crippen molar-refractivity contribution in [2.75, 3.05) is 5.75 Å². The van der Waals surface area contributed by atoms with Crippen LogP contribution in [0.15, 0.2) is 76.0 Å². The molecule has 8 rings (SSSR count). The first-order valence-electron chi connectivity index (χ1n) is 15.5. The van der Waals surface area contributed by atoms with Gasteiger partial charge in [0, 0.05) is 5.41 Å². The van der Waals surface area contributed by atoms with E-state index in [9.17, 15) is 15.0 Å². The van der Waals surface area contributed by atoms with E-state index in [0.717, 1.165) is 42.6 Å². The van der Waals surface area contributed by atoms with Crippen LogP contribution in [0.25, 0.3) is 22.9 Å². The lowest BCUT2D eigenvalue weighted by Gasteiger charge is -2.60. The van der Waals surface area contributed by atoms with Crippen molar-refractivity contribution in [2.45, 2.75) is 69.3 Å². The van der Waals surface area contributed by atoms with Crippen LogP contribution in [0.3, 0.4) is 0 Å². The summed E-state index contributed by atoms with van der Waals surface area (Å²) in [5.74, 6) is 0.400. The molecular formula is C35H37N3O4S. The highest BCUT2D eigenvalue weighted by Gasteiger charge is 2.68. The zero-order chi connectivity index (χ0) is 29.6. The van der Waals surface area contributed by atoms with E-state index in [4.69, 9.17) is 9.52 Å². The van der Waals surface area contributed by atoms with Crippen LogP contribution in [-0.2, 0) is 11.2 Å². The Kier molecular flexibility index (Phi) is 6.14. The third-order valence-corrected chi connectivity index (χ3v) is 12.5. The number of oxazole rings is 1. The summed E-state index contributed by atoms with van der Waals surface area (Å²) in [6, 6.07) is 17.8. The number of fused-ring (bicyclic) bond motifs is 7. The summed E-state index contributed by atoms with van der Waals surface area (Å²) in [5.41, 5.74) is 3.90. The molecule has 4 aliphatic carbocycles. The molecule has 3 fully saturated rings. The number of para-hydroxylation sites is 3. The second-order valence-electron chi connectivity index (χ2n) is 13.6. The first-order chi connectivity index (χ1) is 20.7. The fraction of sp³-hybridized carbons (Fsp3) is 0.457. The Labute approximate surface area is 255 Å². The minimum Gasteiger partial charge on any atom is -0.431 e. The van der Waals surface area contributed by atoms with E-state index in [2.05, 4.69) is 37.0 Å². The van der Waals surface area contributed by atoms with Gasteiger partial charge >= 0.3 is 0 Å². The molecule has 43 heavy (non-hydrogen) atoms. The summed E-state index contributed by atoms with van der Waals surface area (Å²) in [5, 5.41) is 29.3. The van der Waals surface area contributed by atoms with Crippen molar-refractivity contribution >= 4 is 34.7 Å². The summed E-state index contributed by atoms with van der Waals surface area (Å²) in [6.07, 6.45) is 8.13. The van der Waals surface area contributed by atoms with E-state index in [1.54, 1.807) is 0 Å². The standard InChI is InChI=1S/C35H37N3O4S/c1-33-17-21-19-36-38(23-8-4-3-5-9-23)27(21)16-22(33)12-13-24-25-14-15-35(41,34(25,2)18-28(39)31(24)33)30(40)20-43-32-37-26-10-6-7-11-29(26)42-32/h3-11,16,19,24-25,28,31,39,41H,12-15,17-18,20H2,1-2H3/t24?,25?,28?,31?,33?,34?,35-/m0/s1. The molecule has 2 N–H and O–H groups in total. The van der Waals surface area contributed by atoms with Crippen molar-refractivity contribution in [3.05, 3.63) is 77.6 Å². The molecule has 4 aromatic rings. The lowest BCUT2D eigenvalue weighted by molar-refractivity contribution is -0.177. The molecule has 0 amide bonds. The maximum absolute atomic E-state index is 13.8. The van der Waals surface area contributed by atoms with Crippen molar-refractivity contribution in [1.82, 2.24) is 14.8 Å². The topological polar surface area (TPSA) is 101 Å². The van der Waals surface area contributed by atoms with Gasteiger partial charge in [0.05, 0.1) is 29.4 Å². The van der Waals surface area contributed by atoms with Gasteiger partial charge in [0.25, 0.3) is 5.22 Å². The van der Waals surface area contributed by atoms with Crippen LogP contribution in [0.1, 0.15) is 57.2 Å². The first-order valence-corrected chi connectivity index (χ1v) is 16.5. The largest absolute Gasteiger partial charge is 0.431 e. The lowest BCUT2D eigenvalue weighted by atomic mass is 9.45. The van der Waals surface area contributed by atoms with Crippen LogP contribution in [0.4, 0.5) is 0 Å². The molecule has 7 atom stereocenters. The Hall–Kier alpha value is -3.20. The molecule has 7 nitrogen and oxygen atoms in total. The number of ketones is 1. The average Bonchev–Trinajstić information content (AvgIpc) is 3.68. The highest BCUT2D eigenvalue weighted by Crippen LogP contribution is 2.67. The minimum absolute atomic E-state index is 0.0744. The van der Waals surface area contributed by atoms with Crippen molar-refractivity contribution < 1.29 is 19.4 Å². The highest BCUT2D eigenvalue weighted by molar-refractivity contribution is 7.99. The third-order valence-electron chi connectivity index (χ3n) is 11.6. The molecule has 8 heteroatoms. The molecule has 6 unspecified atom stereocenters. The number of thioether (sulfide) groups is 1. The lowest BCUT2D eigenvalue weighted by Crippen LogP contribution is -2.62. The fourth-order valence-electron chi connectivity index (χ4n) is 9.58. The number of carbonyl (C=O) groups is 1. The van der Waals surface area contributed by atoms with Crippen molar-refractivity contribution in [3.63, 3.8) is 0 Å². The van der Waals surface area contributed by atoms with Gasteiger partial charge in [-0.3, -0.25) is 4.79 Å². The number of carbonyl (C=O) groups excluding carboxylic acids is 1. The number of allylic oxidation sites excluding steroid dienone is 1. The van der Waals surface area contributed by atoms with Gasteiger partial charge in [-0.05, 0) is 97.6 Å². The number of hydrogen-bond donors (Lipinski definition) is 2. The average molecular weight is 596 g/mol. The zero-order valence-electron chi connectivity index (χ0n) is 24.6. The molecule has 4 aliphatic rings. The SMILES string of the molecule is CC12Cc3cnn(-c4ccccc4)c3C=C1CCC1C2C(O)CC2(C)C1CC[C@]2(O)C(=O)CSc1nc2ccccc2o1. The summed E-state index contributed by atoms with van der Waals surface area (Å²) in [7, 11) is 0. The maximum atomic E-state index is 13.8. The second-order valence-corrected chi connectivity index (χ2v) is 14.6. The van der Waals surface area contributed by atoms with Gasteiger partial charge < -0.3 is 14.6 Å². The third kappa shape index (κ3) is 3.92. The van der Waals surface area contributed by atoms with E-state index >= 15 is 0 Å². The van der Waals surface area contributed by atoms with Gasteiger partial charge in [-0.15, -0.1) is 0 Å². The molecule has 222 valence electrons. The van der Waals surface area contributed by atoms with E-state index in [-0.39, 0.29) is 34.7 Å². The van der Waals surface area contributed by atoms with E-state index in [1.165, 1.54) is 22.9 Å². The van der Waals surface area contributed by atoms with Crippen LogP contribution in [-0.4, -0.2) is 48.2 Å². The number of Topliss-reactive ketones (excluding diaryl/α,β-unsaturated/α-hetero) is 1. The smallest absolute Gasteiger partial charge is 0.257 e. The minimum atomic E-state index is -1.48. The van der Waals surface area contributed by atoms with Gasteiger partial charge in [-0.1, -0.05) is 61.5 Å². The molecule has 2 aromatic heterocycles. The van der Waals surface area contributed by atoms with Crippen LogP contribution in [0.2, 0.25) is 0 Å². The van der Waals surface area contributed by atoms with Crippen LogP contribution in [0, 0.1) is 28.6 Å². The number of benzene rings is 2. The second kappa shape index (κ2) is 9.65. The molecule has 0 saturated heterocycles. The number of nitrogens with zero attached hydrogens (tertiary/aromatic N) is 3. The summed E-state index contributed by atoms with van der Waals surface area (Å²) < 4.78 is 7.84. The number of aliphatic hydroxyl groups excluding tert-OH is 1. The van der Waals surface area contributed by atoms with Crippen molar-refractivity contribution in [3.8, 4) is 5.69 Å². The number of hydrogen-bond acceptors (Lipinski definition) is 7. The fourth-order valence-corrected chi connectivity index (χ4v) is 10.4. The summed E-state index contributed by atoms with van der Waals surface area (Å²) in [6.45, 7) is 4.39. The first kappa shape index (κ1) is 27.4. The predicted molar refractivity (Wildman–Crippen MR) is 166 cm³/mol. The molecule has 0 aliphatic heterocycles. The van der Waals surface area contributed by atoms with Gasteiger partial charge in [-0.2, -0.15) is 5.10 Å². The Morgan fingerprint density at radius 3 is 2.72 bits per heavy atom. The van der Waals surface area contributed by atoms with Gasteiger partial charge in [-0.25, -0.2) is 9.67 Å². The molecule has 0 radical (unpaired) electrons. The summed E-state index contributed by atoms with van der Waals surface area (Å²) in [4.78, 5) is 18.3. The van der Waals surface area contributed by atoms with Crippen molar-refractivity contribution in [1.29, 1.82) is 0 Å². The van der Waals surface area contributed by atoms with E-state index in [1.807, 2.05) is 53.3 Å². The summed E-state index contributed by atoms with van der Waals surface area (Å²) >= 11 is 1.24. The zero-order valence-corrected chi connectivity index (χ0v) is 25.4. The molecule has 0 spiro atoms. The Balaban J connectivity index is 1.05. The van der Waals surface area contributed by atoms with E-state index < -0.39 is 17.1 Å². The Bertz CT molecular complexity index is 1730. The van der Waals surface area contributed by atoms with Crippen LogP contribution < -0.4 is 0 Å². The molecule has 0 bridgehead atoms. The maximum Gasteiger partial charge on any atom is 0.257 e. The van der Waals surface area contributed by atoms with Gasteiger partial charge in [0.1, 0.15) is 11.1 Å². The van der Waals surface area contributed by atoms with Crippen LogP contribution >= 0.6 is 11.8 Å². The predicted octanol–water partition coefficient (Wildman–Crippen LogP) is 6.26. The van der Waals surface area contributed by atoms with Crippen LogP contribution in [0.5, 0.6) is 0 Å². The number of aromatic nitrogens is 3. The van der Waals surface area contributed by atoms with E-state index in [0.29, 0.717) is 23.6 Å². The molecule has 3 saturated carbocycles. The van der Waals surface area contributed by atoms with Gasteiger partial charge in [0.15, 0.2) is 11.4 Å². The molecule has 2 heterocycles. The number of rotatable bonds is 5. The Morgan fingerprint density at radius 2 is 1.91 bits per heavy atom. The highest BCUT2D eigenvalue weighted by atomic mass is 32.2. The van der Waals surface area contributed by atoms with Gasteiger partial charge in [0.2, 0.25) is 0 Å². The molecule has 2 aromatic carbocycles. The molecular weight excluding hydrogens is 558 g/mol. The number of aliphatic hydroxyl groups is 2. The quantitative estimate of drug-likeness (QED) is 0.263. The normalized spacial score (nSPS) is 34.7. The van der Waals surface area contributed by atoms with Crippen molar-refractivity contribution in [2.24, 2.45) is 28.6 Å².